The van der Waals surface area contributed by atoms with E-state index in [1.54, 1.807) is 6.07 Å². The Hall–Kier alpha value is -1.80. The van der Waals surface area contributed by atoms with Crippen molar-refractivity contribution < 1.29 is 36.2 Å². The molecule has 0 spiro atoms. The van der Waals surface area contributed by atoms with E-state index in [0.29, 0.717) is 0 Å². The van der Waals surface area contributed by atoms with Crippen LogP contribution in [0.2, 0.25) is 0 Å². The largest absolute Gasteiger partial charge is 0.477 e. The number of carboxylic acids is 1. The van der Waals surface area contributed by atoms with Crippen molar-refractivity contribution in [3.63, 3.8) is 0 Å². The van der Waals surface area contributed by atoms with Gasteiger partial charge in [-0.3, -0.25) is 0 Å². The maximum absolute atomic E-state index is 12.6. The molecule has 0 aliphatic rings. The molecule has 0 heterocycles. The van der Waals surface area contributed by atoms with E-state index < -0.39 is 50.3 Å². The van der Waals surface area contributed by atoms with E-state index in [1.807, 2.05) is 0 Å². The number of nitrogens with zero attached hydrogens (tertiary/aromatic N) is 1. The van der Waals surface area contributed by atoms with Gasteiger partial charge in [-0.15, -0.1) is 0 Å². The monoisotopic (exact) mass is 373 g/mol. The molecule has 0 unspecified atom stereocenters. The zero-order valence-electron chi connectivity index (χ0n) is 10.7. The van der Waals surface area contributed by atoms with Crippen molar-refractivity contribution in [2.75, 3.05) is 0 Å². The maximum Gasteiger partial charge on any atom is 0.446 e. The molecule has 1 aromatic carbocycles. The molecule has 0 aromatic heterocycles. The Morgan fingerprint density at radius 2 is 1.48 bits per heavy atom. The van der Waals surface area contributed by atoms with E-state index in [4.69, 9.17) is 10.4 Å². The van der Waals surface area contributed by atoms with Crippen LogP contribution >= 0.6 is 23.5 Å². The van der Waals surface area contributed by atoms with Crippen LogP contribution in [0.1, 0.15) is 11.1 Å². The van der Waals surface area contributed by atoms with Crippen LogP contribution in [0.25, 0.3) is 4.91 Å². The van der Waals surface area contributed by atoms with Gasteiger partial charge in [0.1, 0.15) is 4.91 Å². The molecule has 1 N–H and O–H groups in total. The number of rotatable bonds is 4. The Bertz CT molecular complexity index is 658. The van der Waals surface area contributed by atoms with Gasteiger partial charge in [-0.25, -0.2) is 4.79 Å². The second-order valence-electron chi connectivity index (χ2n) is 3.75. The minimum absolute atomic E-state index is 0.0606. The Labute approximate surface area is 134 Å². The summed E-state index contributed by atoms with van der Waals surface area (Å²) in [6, 6.07) is 5.73. The fourth-order valence-corrected chi connectivity index (χ4v) is 2.80. The molecule has 124 valence electrons. The fraction of sp³-hybridized carbons (Fsp3) is 0.167. The lowest BCUT2D eigenvalue weighted by molar-refractivity contribution is -0.131. The van der Waals surface area contributed by atoms with Gasteiger partial charge in [0.25, 0.3) is 0 Å². The Morgan fingerprint density at radius 1 is 1.00 bits per heavy atom. The quantitative estimate of drug-likeness (QED) is 0.606. The van der Waals surface area contributed by atoms with Crippen molar-refractivity contribution in [1.29, 1.82) is 5.26 Å². The first-order valence-electron chi connectivity index (χ1n) is 5.42. The smallest absolute Gasteiger partial charge is 0.446 e. The summed E-state index contributed by atoms with van der Waals surface area (Å²) in [6.07, 6.45) is 0. The van der Waals surface area contributed by atoms with Gasteiger partial charge < -0.3 is 5.11 Å². The molecule has 0 aliphatic carbocycles. The van der Waals surface area contributed by atoms with Gasteiger partial charge in [-0.05, 0) is 41.2 Å². The van der Waals surface area contributed by atoms with Crippen molar-refractivity contribution in [1.82, 2.24) is 0 Å². The van der Waals surface area contributed by atoms with E-state index in [-0.39, 0.29) is 11.1 Å². The molecule has 23 heavy (non-hydrogen) atoms. The van der Waals surface area contributed by atoms with E-state index in [9.17, 15) is 31.1 Å². The number of thioether (sulfide) groups is 2. The van der Waals surface area contributed by atoms with Crippen molar-refractivity contribution in [2.45, 2.75) is 11.0 Å². The highest BCUT2D eigenvalue weighted by molar-refractivity contribution is 8.12. The highest BCUT2D eigenvalue weighted by Gasteiger charge is 2.39. The average Bonchev–Trinajstić information content (AvgIpc) is 2.40. The molecule has 0 saturated carbocycles. The molecule has 3 nitrogen and oxygen atoms in total. The first-order valence-corrected chi connectivity index (χ1v) is 7.06. The zero-order valence-corrected chi connectivity index (χ0v) is 12.3. The third kappa shape index (κ3) is 6.45. The topological polar surface area (TPSA) is 61.1 Å². The van der Waals surface area contributed by atoms with Crippen LogP contribution in [0.3, 0.4) is 0 Å². The molecule has 0 aliphatic heterocycles. The summed E-state index contributed by atoms with van der Waals surface area (Å²) in [7, 11) is 0. The molecule has 0 saturated heterocycles. The molecule has 1 aromatic rings. The lowest BCUT2D eigenvalue weighted by Gasteiger charge is -2.15. The van der Waals surface area contributed by atoms with Crippen LogP contribution in [0, 0.1) is 11.3 Å². The van der Waals surface area contributed by atoms with E-state index in [2.05, 4.69) is 0 Å². The third-order valence-corrected chi connectivity index (χ3v) is 3.93. The van der Waals surface area contributed by atoms with Gasteiger partial charge in [-0.1, -0.05) is 12.1 Å². The first kappa shape index (κ1) is 19.2. The highest BCUT2D eigenvalue weighted by atomic mass is 32.2. The van der Waals surface area contributed by atoms with Crippen LogP contribution in [0.4, 0.5) is 26.3 Å². The van der Waals surface area contributed by atoms with E-state index >= 15 is 0 Å². The summed E-state index contributed by atoms with van der Waals surface area (Å²) in [4.78, 5) is 8.39. The molecule has 0 amide bonds. The average molecular weight is 373 g/mol. The highest BCUT2D eigenvalue weighted by Crippen LogP contribution is 2.48. The molecule has 0 fully saturated rings. The van der Waals surface area contributed by atoms with Gasteiger partial charge in [0.05, 0.1) is 11.6 Å². The minimum atomic E-state index is -5.07. The molecule has 0 atom stereocenters. The zero-order chi connectivity index (χ0) is 17.8. The summed E-state index contributed by atoms with van der Waals surface area (Å²) in [6.45, 7) is 0. The lowest BCUT2D eigenvalue weighted by atomic mass is 10.1. The van der Waals surface area contributed by atoms with Crippen molar-refractivity contribution in [3.05, 3.63) is 40.3 Å². The SMILES string of the molecule is N#Cc1ccc(/C(SC(F)(F)F)=C(/SC(F)(F)F)C(=O)O)cc1. The number of halogens is 6. The number of alkyl halides is 6. The number of hydrogen-bond acceptors (Lipinski definition) is 4. The Balaban J connectivity index is 3.49. The predicted octanol–water partition coefficient (Wildman–Crippen LogP) is 4.82. The molecule has 1 rings (SSSR count). The van der Waals surface area contributed by atoms with Gasteiger partial charge >= 0.3 is 17.0 Å². The van der Waals surface area contributed by atoms with Crippen molar-refractivity contribution in [2.24, 2.45) is 0 Å². The van der Waals surface area contributed by atoms with Gasteiger partial charge in [0.15, 0.2) is 0 Å². The molecular formula is C12H5F6NO2S2. The fourth-order valence-electron chi connectivity index (χ4n) is 1.35. The van der Waals surface area contributed by atoms with Crippen LogP contribution in [-0.4, -0.2) is 22.1 Å². The summed E-state index contributed by atoms with van der Waals surface area (Å²) in [5.41, 5.74) is -10.4. The number of nitriles is 1. The van der Waals surface area contributed by atoms with E-state index in [0.717, 1.165) is 24.3 Å². The number of benzene rings is 1. The van der Waals surface area contributed by atoms with Crippen molar-refractivity contribution >= 4 is 34.4 Å². The molecular weight excluding hydrogens is 368 g/mol. The molecule has 11 heteroatoms. The van der Waals surface area contributed by atoms with Crippen LogP contribution in [-0.2, 0) is 4.79 Å². The predicted molar refractivity (Wildman–Crippen MR) is 73.0 cm³/mol. The summed E-state index contributed by atoms with van der Waals surface area (Å²) in [5.74, 6) is -2.14. The first-order chi connectivity index (χ1) is 10.4. The normalized spacial score (nSPS) is 13.3. The Kier molecular flexibility index (Phi) is 6.01. The number of carboxylic acid groups (broad SMARTS) is 1. The summed E-state index contributed by atoms with van der Waals surface area (Å²) in [5, 5.41) is 17.5. The van der Waals surface area contributed by atoms with Gasteiger partial charge in [0.2, 0.25) is 0 Å². The van der Waals surface area contributed by atoms with Crippen LogP contribution in [0.15, 0.2) is 29.2 Å². The van der Waals surface area contributed by atoms with Crippen LogP contribution in [0.5, 0.6) is 0 Å². The second-order valence-corrected chi connectivity index (χ2v) is 5.90. The standard InChI is InChI=1S/C12H5F6NO2S2/c13-11(14,15)22-8(7-3-1-6(5-19)2-4-7)9(10(20)21)23-12(16,17)18/h1-4H,(H,20,21)/b9-8-. The summed E-state index contributed by atoms with van der Waals surface area (Å²) >= 11 is -2.10. The maximum atomic E-state index is 12.6. The Morgan fingerprint density at radius 3 is 1.83 bits per heavy atom. The van der Waals surface area contributed by atoms with Gasteiger partial charge in [-0.2, -0.15) is 31.6 Å². The van der Waals surface area contributed by atoms with E-state index in [1.165, 1.54) is 0 Å². The van der Waals surface area contributed by atoms with Gasteiger partial charge in [0, 0.05) is 4.91 Å². The minimum Gasteiger partial charge on any atom is -0.477 e. The number of carbonyl (C=O) groups is 1. The summed E-state index contributed by atoms with van der Waals surface area (Å²) < 4.78 is 75.0. The lowest BCUT2D eigenvalue weighted by Crippen LogP contribution is -2.10. The third-order valence-electron chi connectivity index (χ3n) is 2.11. The number of hydrogen-bond donors (Lipinski definition) is 1. The van der Waals surface area contributed by atoms with Crippen LogP contribution < -0.4 is 0 Å². The molecule has 0 radical (unpaired) electrons. The van der Waals surface area contributed by atoms with Crippen molar-refractivity contribution in [3.8, 4) is 6.07 Å². The number of aliphatic carboxylic acids is 1. The molecule has 0 bridgehead atoms. The second kappa shape index (κ2) is 7.18.